The Hall–Kier alpha value is -2.73. The van der Waals surface area contributed by atoms with Crippen LogP contribution in [0.5, 0.6) is 0 Å². The monoisotopic (exact) mass is 324 g/mol. The summed E-state index contributed by atoms with van der Waals surface area (Å²) < 4.78 is 0. The molecule has 1 aromatic heterocycles. The lowest BCUT2D eigenvalue weighted by molar-refractivity contribution is -0.114. The number of hydrogen-bond donors (Lipinski definition) is 2. The number of anilines is 1. The number of nitrogens with zero attached hydrogens (tertiary/aromatic N) is 2. The van der Waals surface area contributed by atoms with Gasteiger partial charge in [-0.15, -0.1) is 0 Å². The third-order valence-electron chi connectivity index (χ3n) is 3.94. The van der Waals surface area contributed by atoms with Gasteiger partial charge < -0.3 is 15.5 Å². The number of aromatic nitrogens is 1. The second-order valence-electron chi connectivity index (χ2n) is 5.73. The molecule has 0 unspecified atom stereocenters. The van der Waals surface area contributed by atoms with E-state index in [1.54, 1.807) is 12.3 Å². The molecule has 2 aromatic rings. The van der Waals surface area contributed by atoms with Gasteiger partial charge in [0.2, 0.25) is 5.91 Å². The maximum atomic E-state index is 12.4. The van der Waals surface area contributed by atoms with Crippen molar-refractivity contribution in [3.05, 3.63) is 48.2 Å². The van der Waals surface area contributed by atoms with E-state index in [-0.39, 0.29) is 11.8 Å². The molecule has 0 saturated carbocycles. The summed E-state index contributed by atoms with van der Waals surface area (Å²) >= 11 is 0. The Morgan fingerprint density at radius 3 is 2.29 bits per heavy atom. The van der Waals surface area contributed by atoms with E-state index < -0.39 is 0 Å². The summed E-state index contributed by atoms with van der Waals surface area (Å²) in [6, 6.07) is 11.2. The lowest BCUT2D eigenvalue weighted by Crippen LogP contribution is -2.46. The smallest absolute Gasteiger partial charge is 0.253 e. The summed E-state index contributed by atoms with van der Waals surface area (Å²) in [6.45, 7) is 4.63. The van der Waals surface area contributed by atoms with Gasteiger partial charge in [-0.2, -0.15) is 0 Å². The van der Waals surface area contributed by atoms with Crippen molar-refractivity contribution in [1.29, 1.82) is 0 Å². The van der Waals surface area contributed by atoms with E-state index in [2.05, 4.69) is 15.6 Å². The van der Waals surface area contributed by atoms with E-state index in [1.807, 2.05) is 35.2 Å². The Labute approximate surface area is 140 Å². The number of carbonyl (C=O) groups excluding carboxylic acids is 2. The van der Waals surface area contributed by atoms with E-state index in [9.17, 15) is 9.59 Å². The van der Waals surface area contributed by atoms with E-state index >= 15 is 0 Å². The second kappa shape index (κ2) is 7.23. The molecule has 1 aliphatic rings. The summed E-state index contributed by atoms with van der Waals surface area (Å²) in [5.74, 6) is 0.449. The van der Waals surface area contributed by atoms with Crippen LogP contribution < -0.4 is 10.6 Å². The summed E-state index contributed by atoms with van der Waals surface area (Å²) in [7, 11) is 0. The zero-order valence-corrected chi connectivity index (χ0v) is 13.6. The normalized spacial score (nSPS) is 14.3. The molecule has 0 bridgehead atoms. The Bertz CT molecular complexity index is 720. The summed E-state index contributed by atoms with van der Waals surface area (Å²) in [6.07, 6.45) is 1.71. The van der Waals surface area contributed by atoms with Crippen LogP contribution in [-0.2, 0) is 4.79 Å². The van der Waals surface area contributed by atoms with Crippen LogP contribution in [-0.4, -0.2) is 47.9 Å². The minimum absolute atomic E-state index is 0.0715. The van der Waals surface area contributed by atoms with Gasteiger partial charge >= 0.3 is 0 Å². The highest BCUT2D eigenvalue weighted by Gasteiger charge is 2.17. The molecule has 1 aliphatic heterocycles. The van der Waals surface area contributed by atoms with Gasteiger partial charge in [-0.3, -0.25) is 9.59 Å². The zero-order chi connectivity index (χ0) is 16.9. The van der Waals surface area contributed by atoms with Crippen molar-refractivity contribution in [3.8, 4) is 11.1 Å². The van der Waals surface area contributed by atoms with Crippen molar-refractivity contribution in [2.24, 2.45) is 0 Å². The SMILES string of the molecule is CC(=O)Nc1ccc(-c2ccc(C(=O)N3CCNCC3)cc2)cn1. The molecule has 1 saturated heterocycles. The van der Waals surface area contributed by atoms with Gasteiger partial charge in [0, 0.05) is 50.4 Å². The average Bonchev–Trinajstić information content (AvgIpc) is 2.62. The van der Waals surface area contributed by atoms with Crippen LogP contribution in [0.1, 0.15) is 17.3 Å². The van der Waals surface area contributed by atoms with Crippen LogP contribution in [0.2, 0.25) is 0 Å². The number of benzene rings is 1. The molecule has 0 spiro atoms. The van der Waals surface area contributed by atoms with Crippen molar-refractivity contribution < 1.29 is 9.59 Å². The number of piperazine rings is 1. The third-order valence-corrected chi connectivity index (χ3v) is 3.94. The van der Waals surface area contributed by atoms with Crippen LogP contribution in [0, 0.1) is 0 Å². The lowest BCUT2D eigenvalue weighted by atomic mass is 10.0. The van der Waals surface area contributed by atoms with Crippen LogP contribution in [0.3, 0.4) is 0 Å². The molecule has 0 radical (unpaired) electrons. The number of hydrogen-bond acceptors (Lipinski definition) is 4. The lowest BCUT2D eigenvalue weighted by Gasteiger charge is -2.27. The van der Waals surface area contributed by atoms with Crippen LogP contribution in [0.4, 0.5) is 5.82 Å². The molecule has 24 heavy (non-hydrogen) atoms. The molecule has 2 heterocycles. The van der Waals surface area contributed by atoms with Gasteiger partial charge in [0.1, 0.15) is 5.82 Å². The van der Waals surface area contributed by atoms with E-state index in [0.717, 1.165) is 37.3 Å². The highest BCUT2D eigenvalue weighted by atomic mass is 16.2. The molecule has 2 N–H and O–H groups in total. The van der Waals surface area contributed by atoms with E-state index in [0.29, 0.717) is 11.4 Å². The van der Waals surface area contributed by atoms with Gasteiger partial charge in [0.25, 0.3) is 5.91 Å². The number of rotatable bonds is 3. The number of amides is 2. The van der Waals surface area contributed by atoms with Gasteiger partial charge in [-0.1, -0.05) is 12.1 Å². The van der Waals surface area contributed by atoms with Crippen LogP contribution >= 0.6 is 0 Å². The fourth-order valence-corrected chi connectivity index (χ4v) is 2.67. The Morgan fingerprint density at radius 1 is 1.04 bits per heavy atom. The fourth-order valence-electron chi connectivity index (χ4n) is 2.67. The molecule has 2 amide bonds. The topological polar surface area (TPSA) is 74.3 Å². The number of pyridine rings is 1. The highest BCUT2D eigenvalue weighted by Crippen LogP contribution is 2.21. The number of nitrogens with one attached hydrogen (secondary N) is 2. The van der Waals surface area contributed by atoms with Gasteiger partial charge in [-0.25, -0.2) is 4.98 Å². The van der Waals surface area contributed by atoms with Crippen molar-refractivity contribution in [2.75, 3.05) is 31.5 Å². The minimum atomic E-state index is -0.147. The highest BCUT2D eigenvalue weighted by molar-refractivity contribution is 5.94. The maximum Gasteiger partial charge on any atom is 0.253 e. The summed E-state index contributed by atoms with van der Waals surface area (Å²) in [5.41, 5.74) is 2.61. The van der Waals surface area contributed by atoms with Crippen LogP contribution in [0.15, 0.2) is 42.6 Å². The summed E-state index contributed by atoms with van der Waals surface area (Å²) in [5, 5.41) is 5.88. The van der Waals surface area contributed by atoms with E-state index in [1.165, 1.54) is 6.92 Å². The Morgan fingerprint density at radius 2 is 1.71 bits per heavy atom. The molecule has 0 atom stereocenters. The largest absolute Gasteiger partial charge is 0.336 e. The molecule has 0 aliphatic carbocycles. The predicted octanol–water partition coefficient (Wildman–Crippen LogP) is 1.75. The summed E-state index contributed by atoms with van der Waals surface area (Å²) in [4.78, 5) is 29.5. The first-order chi connectivity index (χ1) is 11.6. The zero-order valence-electron chi connectivity index (χ0n) is 13.6. The predicted molar refractivity (Wildman–Crippen MR) is 92.7 cm³/mol. The molecular weight excluding hydrogens is 304 g/mol. The third kappa shape index (κ3) is 3.78. The van der Waals surface area contributed by atoms with E-state index in [4.69, 9.17) is 0 Å². The van der Waals surface area contributed by atoms with Crippen molar-refractivity contribution in [2.45, 2.75) is 6.92 Å². The van der Waals surface area contributed by atoms with Crippen molar-refractivity contribution in [3.63, 3.8) is 0 Å². The molecule has 1 aromatic carbocycles. The molecule has 6 heteroatoms. The standard InChI is InChI=1S/C18H20N4O2/c1-13(23)21-17-7-6-16(12-20-17)14-2-4-15(5-3-14)18(24)22-10-8-19-9-11-22/h2-7,12,19H,8-11H2,1H3,(H,20,21,23). The van der Waals surface area contributed by atoms with Gasteiger partial charge in [-0.05, 0) is 29.8 Å². The molecule has 124 valence electrons. The van der Waals surface area contributed by atoms with Crippen molar-refractivity contribution >= 4 is 17.6 Å². The fraction of sp³-hybridized carbons (Fsp3) is 0.278. The number of carbonyl (C=O) groups is 2. The molecule has 6 nitrogen and oxygen atoms in total. The second-order valence-corrected chi connectivity index (χ2v) is 5.73. The molecule has 1 fully saturated rings. The van der Waals surface area contributed by atoms with Crippen molar-refractivity contribution in [1.82, 2.24) is 15.2 Å². The van der Waals surface area contributed by atoms with Gasteiger partial charge in [0.05, 0.1) is 0 Å². The first-order valence-corrected chi connectivity index (χ1v) is 7.97. The quantitative estimate of drug-likeness (QED) is 0.902. The maximum absolute atomic E-state index is 12.4. The molecule has 3 rings (SSSR count). The Kier molecular flexibility index (Phi) is 4.86. The molecular formula is C18H20N4O2. The minimum Gasteiger partial charge on any atom is -0.336 e. The van der Waals surface area contributed by atoms with Gasteiger partial charge in [0.15, 0.2) is 0 Å². The average molecular weight is 324 g/mol. The van der Waals surface area contributed by atoms with Crippen LogP contribution in [0.25, 0.3) is 11.1 Å². The Balaban J connectivity index is 1.71. The first-order valence-electron chi connectivity index (χ1n) is 7.97. The first kappa shape index (κ1) is 16.1.